The number of hydrogen-bond acceptors (Lipinski definition) is 3. The molecule has 1 aromatic heterocycles. The molecular formula is C13H19BrN2O. The maximum Gasteiger partial charge on any atom is 0.0538 e. The van der Waals surface area contributed by atoms with Crippen LogP contribution in [0.3, 0.4) is 0 Å². The molecule has 0 aliphatic carbocycles. The average Bonchev–Trinajstić information content (AvgIpc) is 2.34. The van der Waals surface area contributed by atoms with Crippen molar-refractivity contribution < 1.29 is 4.74 Å². The highest BCUT2D eigenvalue weighted by Crippen LogP contribution is 2.31. The van der Waals surface area contributed by atoms with Gasteiger partial charge in [-0.25, -0.2) is 0 Å². The molecule has 1 N–H and O–H groups in total. The number of ether oxygens (including phenoxy) is 1. The van der Waals surface area contributed by atoms with Crippen LogP contribution in [-0.4, -0.2) is 31.8 Å². The van der Waals surface area contributed by atoms with Gasteiger partial charge in [-0.05, 0) is 54.4 Å². The molecule has 1 aromatic rings. The van der Waals surface area contributed by atoms with E-state index in [-0.39, 0.29) is 5.41 Å². The summed E-state index contributed by atoms with van der Waals surface area (Å²) in [5.41, 5.74) is 1.36. The molecule has 1 fully saturated rings. The van der Waals surface area contributed by atoms with Gasteiger partial charge in [0.15, 0.2) is 0 Å². The van der Waals surface area contributed by atoms with E-state index in [2.05, 4.69) is 38.4 Å². The lowest BCUT2D eigenvalue weighted by Gasteiger charge is -2.36. The van der Waals surface area contributed by atoms with Crippen LogP contribution in [0.5, 0.6) is 0 Å². The Labute approximate surface area is 111 Å². The van der Waals surface area contributed by atoms with E-state index < -0.39 is 0 Å². The van der Waals surface area contributed by atoms with Crippen molar-refractivity contribution in [3.05, 3.63) is 28.5 Å². The minimum absolute atomic E-state index is 0.216. The Morgan fingerprint density at radius 2 is 2.41 bits per heavy atom. The van der Waals surface area contributed by atoms with Crippen molar-refractivity contribution in [2.75, 3.05) is 26.8 Å². The molecule has 0 amide bonds. The topological polar surface area (TPSA) is 34.2 Å². The maximum absolute atomic E-state index is 5.66. The molecule has 4 heteroatoms. The van der Waals surface area contributed by atoms with Crippen LogP contribution in [0.25, 0.3) is 0 Å². The van der Waals surface area contributed by atoms with Crippen LogP contribution in [0, 0.1) is 5.41 Å². The first kappa shape index (κ1) is 13.0. The second-order valence-electron chi connectivity index (χ2n) is 4.83. The summed E-state index contributed by atoms with van der Waals surface area (Å²) in [7, 11) is 2.01. The fraction of sp³-hybridized carbons (Fsp3) is 0.615. The van der Waals surface area contributed by atoms with E-state index >= 15 is 0 Å². The summed E-state index contributed by atoms with van der Waals surface area (Å²) < 4.78 is 6.69. The number of nitrogens with one attached hydrogen (secondary N) is 1. The van der Waals surface area contributed by atoms with Crippen LogP contribution in [0.15, 0.2) is 22.8 Å². The largest absolute Gasteiger partial charge is 0.381 e. The van der Waals surface area contributed by atoms with E-state index in [1.807, 2.05) is 13.2 Å². The summed E-state index contributed by atoms with van der Waals surface area (Å²) in [6.45, 7) is 2.73. The lowest BCUT2D eigenvalue weighted by atomic mass is 9.78. The smallest absolute Gasteiger partial charge is 0.0538 e. The molecule has 0 spiro atoms. The van der Waals surface area contributed by atoms with Gasteiger partial charge in [-0.1, -0.05) is 0 Å². The van der Waals surface area contributed by atoms with Crippen LogP contribution in [0.4, 0.5) is 0 Å². The zero-order valence-electron chi connectivity index (χ0n) is 10.2. The van der Waals surface area contributed by atoms with E-state index in [4.69, 9.17) is 4.74 Å². The van der Waals surface area contributed by atoms with Crippen LogP contribution in [0.1, 0.15) is 18.5 Å². The molecule has 1 aliphatic rings. The first-order valence-electron chi connectivity index (χ1n) is 6.07. The van der Waals surface area contributed by atoms with Gasteiger partial charge in [0.05, 0.1) is 6.61 Å². The Morgan fingerprint density at radius 1 is 1.53 bits per heavy atom. The molecule has 1 saturated heterocycles. The average molecular weight is 299 g/mol. The zero-order chi connectivity index (χ0) is 12.1. The number of hydrogen-bond donors (Lipinski definition) is 1. The molecule has 17 heavy (non-hydrogen) atoms. The molecule has 0 saturated carbocycles. The predicted octanol–water partition coefficient (Wildman–Crippen LogP) is 2.40. The van der Waals surface area contributed by atoms with Gasteiger partial charge in [0.1, 0.15) is 0 Å². The van der Waals surface area contributed by atoms with Crippen molar-refractivity contribution in [2.45, 2.75) is 19.3 Å². The minimum Gasteiger partial charge on any atom is -0.381 e. The van der Waals surface area contributed by atoms with Crippen molar-refractivity contribution in [2.24, 2.45) is 5.41 Å². The van der Waals surface area contributed by atoms with Crippen molar-refractivity contribution in [3.8, 4) is 0 Å². The molecular weight excluding hydrogens is 280 g/mol. The number of nitrogens with zero attached hydrogens (tertiary/aromatic N) is 1. The fourth-order valence-electron chi connectivity index (χ4n) is 2.52. The Balaban J connectivity index is 2.08. The lowest BCUT2D eigenvalue weighted by molar-refractivity contribution is -0.00672. The standard InChI is InChI=1S/C13H19BrN2O/c1-15-9-13(5-2-6-17-10-13)7-12-4-3-11(14)8-16-12/h3-4,8,15H,2,5-7,9-10H2,1H3. The molecule has 0 radical (unpaired) electrons. The van der Waals surface area contributed by atoms with Crippen LogP contribution >= 0.6 is 15.9 Å². The molecule has 2 heterocycles. The number of pyridine rings is 1. The highest BCUT2D eigenvalue weighted by Gasteiger charge is 2.32. The van der Waals surface area contributed by atoms with Gasteiger partial charge in [-0.15, -0.1) is 0 Å². The molecule has 0 bridgehead atoms. The highest BCUT2D eigenvalue weighted by atomic mass is 79.9. The van der Waals surface area contributed by atoms with Crippen molar-refractivity contribution in [1.29, 1.82) is 0 Å². The molecule has 0 aromatic carbocycles. The molecule has 1 aliphatic heterocycles. The Kier molecular flexibility index (Phi) is 4.54. The van der Waals surface area contributed by atoms with Crippen molar-refractivity contribution in [3.63, 3.8) is 0 Å². The van der Waals surface area contributed by atoms with E-state index in [1.54, 1.807) is 0 Å². The normalized spacial score (nSPS) is 24.8. The zero-order valence-corrected chi connectivity index (χ0v) is 11.8. The lowest BCUT2D eigenvalue weighted by Crippen LogP contribution is -2.41. The summed E-state index contributed by atoms with van der Waals surface area (Å²) in [6.07, 6.45) is 5.22. The third-order valence-electron chi connectivity index (χ3n) is 3.30. The third-order valence-corrected chi connectivity index (χ3v) is 3.77. The second kappa shape index (κ2) is 5.94. The Morgan fingerprint density at radius 3 is 3.00 bits per heavy atom. The van der Waals surface area contributed by atoms with Crippen LogP contribution in [0.2, 0.25) is 0 Å². The van der Waals surface area contributed by atoms with Crippen molar-refractivity contribution in [1.82, 2.24) is 10.3 Å². The predicted molar refractivity (Wildman–Crippen MR) is 72.1 cm³/mol. The van der Waals surface area contributed by atoms with Gasteiger partial charge in [0.2, 0.25) is 0 Å². The third kappa shape index (κ3) is 3.50. The van der Waals surface area contributed by atoms with Gasteiger partial charge in [-0.3, -0.25) is 4.98 Å². The van der Waals surface area contributed by atoms with Crippen LogP contribution < -0.4 is 5.32 Å². The van der Waals surface area contributed by atoms with E-state index in [9.17, 15) is 0 Å². The quantitative estimate of drug-likeness (QED) is 0.927. The minimum atomic E-state index is 0.216. The van der Waals surface area contributed by atoms with Gasteiger partial charge < -0.3 is 10.1 Å². The summed E-state index contributed by atoms with van der Waals surface area (Å²) >= 11 is 3.42. The molecule has 3 nitrogen and oxygen atoms in total. The van der Waals surface area contributed by atoms with E-state index in [1.165, 1.54) is 6.42 Å². The number of halogens is 1. The Hall–Kier alpha value is -0.450. The van der Waals surface area contributed by atoms with Gasteiger partial charge >= 0.3 is 0 Å². The maximum atomic E-state index is 5.66. The first-order valence-corrected chi connectivity index (χ1v) is 6.86. The van der Waals surface area contributed by atoms with Crippen molar-refractivity contribution >= 4 is 15.9 Å². The van der Waals surface area contributed by atoms with E-state index in [0.29, 0.717) is 0 Å². The molecule has 2 rings (SSSR count). The first-order chi connectivity index (χ1) is 8.24. The summed E-state index contributed by atoms with van der Waals surface area (Å²) in [5.74, 6) is 0. The fourth-order valence-corrected chi connectivity index (χ4v) is 2.76. The summed E-state index contributed by atoms with van der Waals surface area (Å²) in [6, 6.07) is 4.15. The molecule has 1 atom stereocenters. The monoisotopic (exact) mass is 298 g/mol. The molecule has 1 unspecified atom stereocenters. The van der Waals surface area contributed by atoms with Crippen LogP contribution in [-0.2, 0) is 11.2 Å². The number of aromatic nitrogens is 1. The van der Waals surface area contributed by atoms with Gasteiger partial charge in [0.25, 0.3) is 0 Å². The van der Waals surface area contributed by atoms with Gasteiger partial charge in [0, 0.05) is 34.9 Å². The molecule has 94 valence electrons. The van der Waals surface area contributed by atoms with E-state index in [0.717, 1.165) is 42.8 Å². The SMILES string of the molecule is CNCC1(Cc2ccc(Br)cn2)CCCOC1. The summed E-state index contributed by atoms with van der Waals surface area (Å²) in [4.78, 5) is 4.47. The Bertz CT molecular complexity index is 341. The summed E-state index contributed by atoms with van der Waals surface area (Å²) in [5, 5.41) is 3.29. The number of rotatable bonds is 4. The van der Waals surface area contributed by atoms with Gasteiger partial charge in [-0.2, -0.15) is 0 Å². The highest BCUT2D eigenvalue weighted by molar-refractivity contribution is 9.10. The second-order valence-corrected chi connectivity index (χ2v) is 5.75.